The third-order valence-corrected chi connectivity index (χ3v) is 6.84. The molecule has 0 amide bonds. The molecule has 4 rings (SSSR count). The van der Waals surface area contributed by atoms with Gasteiger partial charge in [-0.2, -0.15) is 0 Å². The lowest BCUT2D eigenvalue weighted by Crippen LogP contribution is -2.47. The Kier molecular flexibility index (Phi) is 9.44. The van der Waals surface area contributed by atoms with Crippen molar-refractivity contribution in [3.8, 4) is 0 Å². The van der Waals surface area contributed by atoms with Crippen LogP contribution < -0.4 is 5.32 Å². The van der Waals surface area contributed by atoms with E-state index in [4.69, 9.17) is 4.74 Å². The SMILES string of the molecule is CC.CCNC1=CCCC2C=CC=CC2C1N1CCN(C(O)OC2CCCCC2)C1. The summed E-state index contributed by atoms with van der Waals surface area (Å²) in [5.41, 5.74) is 1.36. The van der Waals surface area contributed by atoms with Gasteiger partial charge < -0.3 is 15.2 Å². The molecule has 1 saturated carbocycles. The number of allylic oxidation sites excluding steroid dienone is 4. The van der Waals surface area contributed by atoms with Crippen molar-refractivity contribution in [2.45, 2.75) is 84.3 Å². The summed E-state index contributed by atoms with van der Waals surface area (Å²) in [6.07, 6.45) is 19.3. The largest absolute Gasteiger partial charge is 0.388 e. The Morgan fingerprint density at radius 1 is 1.10 bits per heavy atom. The van der Waals surface area contributed by atoms with Crippen molar-refractivity contribution >= 4 is 0 Å². The van der Waals surface area contributed by atoms with Crippen LogP contribution in [0.2, 0.25) is 0 Å². The molecule has 5 nitrogen and oxygen atoms in total. The van der Waals surface area contributed by atoms with E-state index in [0.29, 0.717) is 17.9 Å². The second-order valence-electron chi connectivity index (χ2n) is 8.71. The smallest absolute Gasteiger partial charge is 0.217 e. The highest BCUT2D eigenvalue weighted by atomic mass is 16.6. The molecule has 0 spiro atoms. The van der Waals surface area contributed by atoms with Crippen LogP contribution in [0.1, 0.15) is 65.7 Å². The number of ether oxygens (including phenoxy) is 1. The van der Waals surface area contributed by atoms with Crippen molar-refractivity contribution in [3.63, 3.8) is 0 Å². The topological polar surface area (TPSA) is 48.0 Å². The maximum atomic E-state index is 10.7. The Labute approximate surface area is 183 Å². The van der Waals surface area contributed by atoms with Gasteiger partial charge in [-0.05, 0) is 38.5 Å². The molecule has 0 radical (unpaired) electrons. The molecule has 1 heterocycles. The monoisotopic (exact) mass is 417 g/mol. The number of rotatable bonds is 6. The Balaban J connectivity index is 0.00000124. The molecule has 1 aliphatic heterocycles. The third-order valence-electron chi connectivity index (χ3n) is 6.84. The molecule has 0 aromatic rings. The summed E-state index contributed by atoms with van der Waals surface area (Å²) in [4.78, 5) is 4.63. The van der Waals surface area contributed by atoms with E-state index in [2.05, 4.69) is 52.4 Å². The predicted molar refractivity (Wildman–Crippen MR) is 124 cm³/mol. The maximum Gasteiger partial charge on any atom is 0.217 e. The minimum Gasteiger partial charge on any atom is -0.388 e. The number of aliphatic hydroxyl groups excluding tert-OH is 1. The fourth-order valence-corrected chi connectivity index (χ4v) is 5.38. The second kappa shape index (κ2) is 12.0. The van der Waals surface area contributed by atoms with Crippen LogP contribution in [0.5, 0.6) is 0 Å². The minimum atomic E-state index is -0.775. The van der Waals surface area contributed by atoms with Crippen molar-refractivity contribution in [3.05, 3.63) is 36.1 Å². The van der Waals surface area contributed by atoms with Crippen LogP contribution >= 0.6 is 0 Å². The molecule has 3 aliphatic carbocycles. The molecule has 0 aromatic carbocycles. The van der Waals surface area contributed by atoms with Crippen molar-refractivity contribution in [1.82, 2.24) is 15.1 Å². The minimum absolute atomic E-state index is 0.226. The van der Waals surface area contributed by atoms with Gasteiger partial charge in [0.25, 0.3) is 0 Å². The van der Waals surface area contributed by atoms with Crippen molar-refractivity contribution in [1.29, 1.82) is 0 Å². The van der Waals surface area contributed by atoms with Crippen molar-refractivity contribution in [2.24, 2.45) is 11.8 Å². The molecule has 4 atom stereocenters. The summed E-state index contributed by atoms with van der Waals surface area (Å²) in [5.74, 6) is 1.09. The van der Waals surface area contributed by atoms with E-state index in [1.807, 2.05) is 13.8 Å². The van der Waals surface area contributed by atoms with Crippen LogP contribution in [0, 0.1) is 11.8 Å². The number of likely N-dealkylation sites (N-methyl/N-ethyl adjacent to an activating group) is 1. The molecule has 2 N–H and O–H groups in total. The Hall–Kier alpha value is -1.14. The van der Waals surface area contributed by atoms with Crippen LogP contribution in [-0.2, 0) is 4.74 Å². The summed E-state index contributed by atoms with van der Waals surface area (Å²) in [5, 5.41) is 14.3. The zero-order chi connectivity index (χ0) is 21.3. The second-order valence-corrected chi connectivity index (χ2v) is 8.71. The predicted octanol–water partition coefficient (Wildman–Crippen LogP) is 4.23. The van der Waals surface area contributed by atoms with Crippen molar-refractivity contribution < 1.29 is 9.84 Å². The first kappa shape index (κ1) is 23.5. The number of nitrogens with one attached hydrogen (secondary N) is 1. The van der Waals surface area contributed by atoms with E-state index in [1.54, 1.807) is 0 Å². The number of aliphatic hydroxyl groups is 1. The van der Waals surface area contributed by atoms with E-state index in [0.717, 1.165) is 45.6 Å². The third kappa shape index (κ3) is 5.76. The van der Waals surface area contributed by atoms with E-state index < -0.39 is 6.41 Å². The average molecular weight is 418 g/mol. The number of hydrogen-bond acceptors (Lipinski definition) is 5. The summed E-state index contributed by atoms with van der Waals surface area (Å²) in [7, 11) is 0. The molecule has 30 heavy (non-hydrogen) atoms. The van der Waals surface area contributed by atoms with Crippen LogP contribution in [-0.4, -0.2) is 59.8 Å². The number of nitrogens with zero attached hydrogens (tertiary/aromatic N) is 2. The van der Waals surface area contributed by atoms with Crippen LogP contribution in [0.3, 0.4) is 0 Å². The standard InChI is InChI=1S/C23H37N3O2.C2H6/c1-2-24-21-14-8-10-18-9-6-7-13-20(18)22(21)25-15-16-26(17-25)23(27)28-19-11-4-3-5-12-19;1-2/h6-7,9,13-14,18-20,22-24,27H,2-5,8,10-12,15-17H2,1H3;1-2H3. The fourth-order valence-electron chi connectivity index (χ4n) is 5.38. The van der Waals surface area contributed by atoms with Gasteiger partial charge in [0.15, 0.2) is 0 Å². The highest BCUT2D eigenvalue weighted by molar-refractivity contribution is 5.25. The Bertz CT molecular complexity index is 597. The molecule has 2 fully saturated rings. The van der Waals surface area contributed by atoms with Gasteiger partial charge in [-0.15, -0.1) is 0 Å². The highest BCUT2D eigenvalue weighted by Gasteiger charge is 2.39. The Morgan fingerprint density at radius 3 is 2.63 bits per heavy atom. The van der Waals surface area contributed by atoms with Gasteiger partial charge in [-0.1, -0.05) is 63.5 Å². The van der Waals surface area contributed by atoms with Gasteiger partial charge in [0.2, 0.25) is 6.41 Å². The quantitative estimate of drug-likeness (QED) is 0.634. The summed E-state index contributed by atoms with van der Waals surface area (Å²) < 4.78 is 6.02. The van der Waals surface area contributed by atoms with E-state index >= 15 is 0 Å². The van der Waals surface area contributed by atoms with E-state index in [1.165, 1.54) is 31.4 Å². The first-order valence-corrected chi connectivity index (χ1v) is 12.4. The molecule has 1 saturated heterocycles. The van der Waals surface area contributed by atoms with E-state index in [9.17, 15) is 5.11 Å². The maximum absolute atomic E-state index is 10.7. The molecular formula is C25H43N3O2. The zero-order valence-corrected chi connectivity index (χ0v) is 19.3. The lowest BCUT2D eigenvalue weighted by atomic mass is 9.80. The molecule has 0 bridgehead atoms. The summed E-state index contributed by atoms with van der Waals surface area (Å²) >= 11 is 0. The van der Waals surface area contributed by atoms with Gasteiger partial charge in [0.1, 0.15) is 0 Å². The lowest BCUT2D eigenvalue weighted by Gasteiger charge is -2.38. The molecule has 5 heteroatoms. The van der Waals surface area contributed by atoms with Crippen molar-refractivity contribution in [2.75, 3.05) is 26.3 Å². The number of fused-ring (bicyclic) bond motifs is 1. The van der Waals surface area contributed by atoms with Gasteiger partial charge in [-0.3, -0.25) is 4.90 Å². The first-order valence-electron chi connectivity index (χ1n) is 12.4. The number of hydrogen-bond donors (Lipinski definition) is 2. The Morgan fingerprint density at radius 2 is 1.87 bits per heavy atom. The molecule has 4 unspecified atom stereocenters. The average Bonchev–Trinajstić information content (AvgIpc) is 3.20. The van der Waals surface area contributed by atoms with Gasteiger partial charge in [0.05, 0.1) is 18.8 Å². The highest BCUT2D eigenvalue weighted by Crippen LogP contribution is 2.36. The zero-order valence-electron chi connectivity index (χ0n) is 19.3. The van der Waals surface area contributed by atoms with E-state index in [-0.39, 0.29) is 6.10 Å². The first-order chi connectivity index (χ1) is 14.8. The molecule has 0 aromatic heterocycles. The fraction of sp³-hybridized carbons (Fsp3) is 0.760. The normalized spacial score (nSPS) is 31.3. The molecular weight excluding hydrogens is 374 g/mol. The van der Waals surface area contributed by atoms with Gasteiger partial charge in [-0.25, -0.2) is 4.90 Å². The van der Waals surface area contributed by atoms with Crippen LogP contribution in [0.4, 0.5) is 0 Å². The molecule has 4 aliphatic rings. The van der Waals surface area contributed by atoms with Crippen LogP contribution in [0.15, 0.2) is 36.1 Å². The summed E-state index contributed by atoms with van der Waals surface area (Å²) in [6, 6.07) is 0.348. The summed E-state index contributed by atoms with van der Waals surface area (Å²) in [6.45, 7) is 9.72. The van der Waals surface area contributed by atoms with Gasteiger partial charge >= 0.3 is 0 Å². The van der Waals surface area contributed by atoms with Gasteiger partial charge in [0, 0.05) is 31.2 Å². The molecule has 170 valence electrons. The lowest BCUT2D eigenvalue weighted by molar-refractivity contribution is -0.220. The van der Waals surface area contributed by atoms with Crippen LogP contribution in [0.25, 0.3) is 0 Å².